The molecular formula is C16H25ClN2O4. The van der Waals surface area contributed by atoms with Gasteiger partial charge in [0.25, 0.3) is 5.91 Å². The van der Waals surface area contributed by atoms with Crippen LogP contribution in [0.25, 0.3) is 0 Å². The molecule has 0 fully saturated rings. The van der Waals surface area contributed by atoms with Gasteiger partial charge in [-0.1, -0.05) is 25.4 Å². The number of carbonyl (C=O) groups is 1. The molecule has 1 aromatic rings. The standard InChI is InChI=1S/C16H25ClN2O4/c1-4-16(21,5-2)10-19-8-11-6-12(17)15(13(7-11)22-3)23-9-14(18)20/h6-7,19,21H,4-5,8-10H2,1-3H3,(H2,18,20). The van der Waals surface area contributed by atoms with Crippen LogP contribution in [0.1, 0.15) is 32.3 Å². The summed E-state index contributed by atoms with van der Waals surface area (Å²) in [5, 5.41) is 13.8. The van der Waals surface area contributed by atoms with Crippen molar-refractivity contribution in [2.45, 2.75) is 38.8 Å². The average Bonchev–Trinajstić information content (AvgIpc) is 2.52. The van der Waals surface area contributed by atoms with Crippen molar-refractivity contribution >= 4 is 17.5 Å². The Morgan fingerprint density at radius 1 is 1.39 bits per heavy atom. The molecule has 1 rings (SSSR count). The highest BCUT2D eigenvalue weighted by atomic mass is 35.5. The van der Waals surface area contributed by atoms with Gasteiger partial charge in [0.05, 0.1) is 17.7 Å². The SMILES string of the molecule is CCC(O)(CC)CNCc1cc(Cl)c(OCC(N)=O)c(OC)c1. The minimum atomic E-state index is -0.710. The van der Waals surface area contributed by atoms with E-state index in [0.29, 0.717) is 36.7 Å². The number of hydrogen-bond acceptors (Lipinski definition) is 5. The number of benzene rings is 1. The highest BCUT2D eigenvalue weighted by molar-refractivity contribution is 6.32. The van der Waals surface area contributed by atoms with Crippen molar-refractivity contribution < 1.29 is 19.4 Å². The number of primary amides is 1. The number of amides is 1. The zero-order chi connectivity index (χ0) is 17.5. The fourth-order valence-corrected chi connectivity index (χ4v) is 2.39. The van der Waals surface area contributed by atoms with Crippen molar-refractivity contribution in [1.29, 1.82) is 0 Å². The van der Waals surface area contributed by atoms with Gasteiger partial charge in [0.15, 0.2) is 18.1 Å². The van der Waals surface area contributed by atoms with Gasteiger partial charge < -0.3 is 25.6 Å². The Kier molecular flexibility index (Phi) is 7.61. The minimum Gasteiger partial charge on any atom is -0.493 e. The lowest BCUT2D eigenvalue weighted by Gasteiger charge is -2.25. The number of carbonyl (C=O) groups excluding carboxylic acids is 1. The van der Waals surface area contributed by atoms with Crippen molar-refractivity contribution in [3.63, 3.8) is 0 Å². The second kappa shape index (κ2) is 8.96. The molecule has 130 valence electrons. The first-order chi connectivity index (χ1) is 10.8. The van der Waals surface area contributed by atoms with Crippen molar-refractivity contribution in [3.05, 3.63) is 22.7 Å². The lowest BCUT2D eigenvalue weighted by molar-refractivity contribution is -0.119. The molecule has 0 spiro atoms. The summed E-state index contributed by atoms with van der Waals surface area (Å²) >= 11 is 6.19. The van der Waals surface area contributed by atoms with Crippen LogP contribution in [0.15, 0.2) is 12.1 Å². The maximum absolute atomic E-state index is 10.8. The van der Waals surface area contributed by atoms with Crippen LogP contribution < -0.4 is 20.5 Å². The van der Waals surface area contributed by atoms with Gasteiger partial charge in [-0.3, -0.25) is 4.79 Å². The zero-order valence-corrected chi connectivity index (χ0v) is 14.6. The Bertz CT molecular complexity index is 533. The molecule has 6 nitrogen and oxygen atoms in total. The average molecular weight is 345 g/mol. The van der Waals surface area contributed by atoms with E-state index >= 15 is 0 Å². The summed E-state index contributed by atoms with van der Waals surface area (Å²) in [6.45, 7) is 4.65. The molecule has 0 aromatic heterocycles. The predicted octanol–water partition coefficient (Wildman–Crippen LogP) is 1.85. The number of nitrogens with one attached hydrogen (secondary N) is 1. The van der Waals surface area contributed by atoms with E-state index in [1.165, 1.54) is 7.11 Å². The van der Waals surface area contributed by atoms with E-state index in [2.05, 4.69) is 5.32 Å². The third kappa shape index (κ3) is 5.89. The molecule has 0 atom stereocenters. The largest absolute Gasteiger partial charge is 0.493 e. The number of aliphatic hydroxyl groups is 1. The Hall–Kier alpha value is -1.50. The van der Waals surface area contributed by atoms with Crippen LogP contribution in [-0.2, 0) is 11.3 Å². The third-order valence-corrected chi connectivity index (χ3v) is 4.03. The van der Waals surface area contributed by atoms with Crippen LogP contribution in [0.4, 0.5) is 0 Å². The van der Waals surface area contributed by atoms with Gasteiger partial charge in [-0.15, -0.1) is 0 Å². The lowest BCUT2D eigenvalue weighted by atomic mass is 9.97. The first-order valence-corrected chi connectivity index (χ1v) is 7.93. The summed E-state index contributed by atoms with van der Waals surface area (Å²) in [6, 6.07) is 3.50. The van der Waals surface area contributed by atoms with Gasteiger partial charge in [-0.25, -0.2) is 0 Å². The smallest absolute Gasteiger partial charge is 0.255 e. The van der Waals surface area contributed by atoms with Gasteiger partial charge in [-0.2, -0.15) is 0 Å². The normalized spacial score (nSPS) is 11.3. The second-order valence-corrected chi connectivity index (χ2v) is 5.81. The quantitative estimate of drug-likeness (QED) is 0.602. The maximum Gasteiger partial charge on any atom is 0.255 e. The predicted molar refractivity (Wildman–Crippen MR) is 89.9 cm³/mol. The molecule has 0 unspecified atom stereocenters. The summed E-state index contributed by atoms with van der Waals surface area (Å²) in [6.07, 6.45) is 1.36. The summed E-state index contributed by atoms with van der Waals surface area (Å²) in [5.41, 5.74) is 5.24. The van der Waals surface area contributed by atoms with Crippen LogP contribution >= 0.6 is 11.6 Å². The number of rotatable bonds is 10. The van der Waals surface area contributed by atoms with E-state index in [1.54, 1.807) is 12.1 Å². The fourth-order valence-electron chi connectivity index (χ4n) is 2.10. The topological polar surface area (TPSA) is 93.8 Å². The Morgan fingerprint density at radius 3 is 2.57 bits per heavy atom. The highest BCUT2D eigenvalue weighted by Gasteiger charge is 2.21. The van der Waals surface area contributed by atoms with Crippen molar-refractivity contribution in [3.8, 4) is 11.5 Å². The van der Waals surface area contributed by atoms with Gasteiger partial charge in [0.1, 0.15) is 0 Å². The van der Waals surface area contributed by atoms with Gasteiger partial charge in [0.2, 0.25) is 0 Å². The molecule has 0 aliphatic rings. The summed E-state index contributed by atoms with van der Waals surface area (Å²) in [5.74, 6) is 0.124. The monoisotopic (exact) mass is 344 g/mol. The molecule has 0 saturated carbocycles. The molecule has 23 heavy (non-hydrogen) atoms. The Morgan fingerprint density at radius 2 is 2.04 bits per heavy atom. The molecule has 1 amide bonds. The van der Waals surface area contributed by atoms with E-state index < -0.39 is 11.5 Å². The first-order valence-electron chi connectivity index (χ1n) is 7.55. The van der Waals surface area contributed by atoms with Crippen LogP contribution in [0.2, 0.25) is 5.02 Å². The molecule has 0 aliphatic carbocycles. The number of hydrogen-bond donors (Lipinski definition) is 3. The van der Waals surface area contributed by atoms with Gasteiger partial charge in [0, 0.05) is 13.1 Å². The van der Waals surface area contributed by atoms with E-state index in [9.17, 15) is 9.90 Å². The minimum absolute atomic E-state index is 0.270. The summed E-state index contributed by atoms with van der Waals surface area (Å²) in [7, 11) is 1.49. The molecule has 0 radical (unpaired) electrons. The van der Waals surface area contributed by atoms with Gasteiger partial charge in [-0.05, 0) is 30.5 Å². The number of halogens is 1. The number of nitrogens with two attached hydrogens (primary N) is 1. The number of ether oxygens (including phenoxy) is 2. The molecule has 0 saturated heterocycles. The summed E-state index contributed by atoms with van der Waals surface area (Å²) < 4.78 is 10.5. The van der Waals surface area contributed by atoms with E-state index in [1.807, 2.05) is 13.8 Å². The zero-order valence-electron chi connectivity index (χ0n) is 13.8. The molecule has 7 heteroatoms. The van der Waals surface area contributed by atoms with Crippen LogP contribution in [-0.4, -0.2) is 36.9 Å². The van der Waals surface area contributed by atoms with Crippen LogP contribution in [0.3, 0.4) is 0 Å². The summed E-state index contributed by atoms with van der Waals surface area (Å²) in [4.78, 5) is 10.8. The molecule has 0 aliphatic heterocycles. The molecule has 1 aromatic carbocycles. The van der Waals surface area contributed by atoms with Crippen molar-refractivity contribution in [1.82, 2.24) is 5.32 Å². The third-order valence-electron chi connectivity index (χ3n) is 3.75. The Balaban J connectivity index is 2.78. The van der Waals surface area contributed by atoms with Crippen molar-refractivity contribution in [2.24, 2.45) is 5.73 Å². The lowest BCUT2D eigenvalue weighted by Crippen LogP contribution is -2.39. The first kappa shape index (κ1) is 19.5. The fraction of sp³-hybridized carbons (Fsp3) is 0.562. The van der Waals surface area contributed by atoms with Gasteiger partial charge >= 0.3 is 0 Å². The van der Waals surface area contributed by atoms with Crippen LogP contribution in [0.5, 0.6) is 11.5 Å². The number of methoxy groups -OCH3 is 1. The van der Waals surface area contributed by atoms with Crippen LogP contribution in [0, 0.1) is 0 Å². The highest BCUT2D eigenvalue weighted by Crippen LogP contribution is 2.36. The van der Waals surface area contributed by atoms with E-state index in [0.717, 1.165) is 5.56 Å². The Labute approximate surface area is 141 Å². The van der Waals surface area contributed by atoms with Crippen molar-refractivity contribution in [2.75, 3.05) is 20.3 Å². The molecule has 0 bridgehead atoms. The second-order valence-electron chi connectivity index (χ2n) is 5.40. The van der Waals surface area contributed by atoms with E-state index in [-0.39, 0.29) is 12.4 Å². The molecule has 0 heterocycles. The van der Waals surface area contributed by atoms with E-state index in [4.69, 9.17) is 26.8 Å². The maximum atomic E-state index is 10.8. The molecular weight excluding hydrogens is 320 g/mol. The molecule has 4 N–H and O–H groups in total.